The quantitative estimate of drug-likeness (QED) is 0.785. The van der Waals surface area contributed by atoms with Gasteiger partial charge in [-0.15, -0.1) is 11.3 Å². The van der Waals surface area contributed by atoms with Gasteiger partial charge in [-0.25, -0.2) is 0 Å². The molecule has 0 atom stereocenters. The lowest BCUT2D eigenvalue weighted by Crippen LogP contribution is -2.02. The van der Waals surface area contributed by atoms with Crippen molar-refractivity contribution in [3.63, 3.8) is 0 Å². The number of benzene rings is 1. The van der Waals surface area contributed by atoms with Crippen molar-refractivity contribution in [2.75, 3.05) is 19.5 Å². The average Bonchev–Trinajstić information content (AvgIpc) is 2.93. The predicted molar refractivity (Wildman–Crippen MR) is 88.1 cm³/mol. The van der Waals surface area contributed by atoms with E-state index < -0.39 is 0 Å². The van der Waals surface area contributed by atoms with Crippen LogP contribution in [-0.2, 0) is 22.5 Å². The van der Waals surface area contributed by atoms with Gasteiger partial charge in [-0.3, -0.25) is 4.79 Å². The molecule has 0 aliphatic rings. The van der Waals surface area contributed by atoms with Crippen molar-refractivity contribution >= 4 is 38.9 Å². The molecule has 0 aliphatic carbocycles. The van der Waals surface area contributed by atoms with E-state index in [4.69, 9.17) is 4.74 Å². The second-order valence-electron chi connectivity index (χ2n) is 4.32. The molecule has 4 nitrogen and oxygen atoms in total. The molecule has 1 aromatic carbocycles. The minimum atomic E-state index is -0.214. The van der Waals surface area contributed by atoms with Gasteiger partial charge in [0, 0.05) is 28.1 Å². The largest absolute Gasteiger partial charge is 0.495 e. The molecule has 2 rings (SSSR count). The number of halogens is 1. The summed E-state index contributed by atoms with van der Waals surface area (Å²) in [7, 11) is 3.04. The molecule has 0 aliphatic heterocycles. The third kappa shape index (κ3) is 4.47. The lowest BCUT2D eigenvalue weighted by molar-refractivity contribution is -0.139. The van der Waals surface area contributed by atoms with E-state index in [1.165, 1.54) is 7.11 Å². The number of esters is 1. The number of nitrogens with one attached hydrogen (secondary N) is 1. The zero-order valence-electron chi connectivity index (χ0n) is 11.8. The van der Waals surface area contributed by atoms with Crippen molar-refractivity contribution < 1.29 is 14.3 Å². The summed E-state index contributed by atoms with van der Waals surface area (Å²) in [5.41, 5.74) is 0.984. The van der Waals surface area contributed by atoms with E-state index in [1.807, 2.05) is 30.3 Å². The summed E-state index contributed by atoms with van der Waals surface area (Å²) < 4.78 is 10.8. The van der Waals surface area contributed by atoms with Gasteiger partial charge in [0.2, 0.25) is 0 Å². The Morgan fingerprint density at radius 1 is 1.24 bits per heavy atom. The highest BCUT2D eigenvalue weighted by Crippen LogP contribution is 2.28. The summed E-state index contributed by atoms with van der Waals surface area (Å²) in [5.74, 6) is 0.576. The highest BCUT2D eigenvalue weighted by atomic mass is 79.9. The maximum Gasteiger partial charge on any atom is 0.310 e. The number of rotatable bonds is 6. The third-order valence-corrected chi connectivity index (χ3v) is 4.62. The Kier molecular flexibility index (Phi) is 5.64. The number of methoxy groups -OCH3 is 2. The lowest BCUT2D eigenvalue weighted by Gasteiger charge is -2.08. The van der Waals surface area contributed by atoms with E-state index in [1.54, 1.807) is 18.4 Å². The highest BCUT2D eigenvalue weighted by molar-refractivity contribution is 9.10. The van der Waals surface area contributed by atoms with Crippen LogP contribution in [0.3, 0.4) is 0 Å². The zero-order valence-corrected chi connectivity index (χ0v) is 14.2. The fourth-order valence-electron chi connectivity index (χ4n) is 1.79. The number of hydrogen-bond donors (Lipinski definition) is 1. The van der Waals surface area contributed by atoms with Crippen LogP contribution in [0, 0.1) is 0 Å². The van der Waals surface area contributed by atoms with Crippen LogP contribution in [0.4, 0.5) is 5.69 Å². The Morgan fingerprint density at radius 3 is 2.71 bits per heavy atom. The zero-order chi connectivity index (χ0) is 15.2. The standard InChI is InChI=1S/C15H16BrNO3S/c1-19-14-7-10(3-6-13(14)16)17-9-12-5-4-11(21-12)8-15(18)20-2/h3-7,17H,8-9H2,1-2H3. The number of carbonyl (C=O) groups excluding carboxylic acids is 1. The molecular weight excluding hydrogens is 354 g/mol. The van der Waals surface area contributed by atoms with E-state index >= 15 is 0 Å². The summed E-state index contributed by atoms with van der Waals surface area (Å²) >= 11 is 5.03. The van der Waals surface area contributed by atoms with Gasteiger partial charge in [-0.1, -0.05) is 0 Å². The van der Waals surface area contributed by atoms with Crippen LogP contribution >= 0.6 is 27.3 Å². The molecule has 0 fully saturated rings. The molecule has 0 saturated heterocycles. The molecule has 0 spiro atoms. The van der Waals surface area contributed by atoms with Gasteiger partial charge in [0.1, 0.15) is 5.75 Å². The first-order valence-corrected chi connectivity index (χ1v) is 7.95. The highest BCUT2D eigenvalue weighted by Gasteiger charge is 2.07. The Morgan fingerprint density at radius 2 is 2.00 bits per heavy atom. The molecule has 112 valence electrons. The maximum absolute atomic E-state index is 11.2. The summed E-state index contributed by atoms with van der Waals surface area (Å²) in [6.07, 6.45) is 0.327. The van der Waals surface area contributed by atoms with Gasteiger partial charge in [-0.2, -0.15) is 0 Å². The molecule has 0 amide bonds. The van der Waals surface area contributed by atoms with Crippen LogP contribution in [-0.4, -0.2) is 20.2 Å². The van der Waals surface area contributed by atoms with Crippen LogP contribution in [0.5, 0.6) is 5.75 Å². The minimum absolute atomic E-state index is 0.214. The number of carbonyl (C=O) groups is 1. The van der Waals surface area contributed by atoms with Crippen molar-refractivity contribution in [2.45, 2.75) is 13.0 Å². The van der Waals surface area contributed by atoms with Gasteiger partial charge in [0.15, 0.2) is 0 Å². The van der Waals surface area contributed by atoms with Crippen LogP contribution in [0.1, 0.15) is 9.75 Å². The van der Waals surface area contributed by atoms with Crippen molar-refractivity contribution in [3.05, 3.63) is 44.6 Å². The van der Waals surface area contributed by atoms with Gasteiger partial charge < -0.3 is 14.8 Å². The summed E-state index contributed by atoms with van der Waals surface area (Å²) in [4.78, 5) is 13.4. The van der Waals surface area contributed by atoms with Crippen molar-refractivity contribution in [1.29, 1.82) is 0 Å². The van der Waals surface area contributed by atoms with E-state index in [0.717, 1.165) is 25.7 Å². The van der Waals surface area contributed by atoms with Crippen LogP contribution in [0.2, 0.25) is 0 Å². The molecule has 6 heteroatoms. The number of ether oxygens (including phenoxy) is 2. The van der Waals surface area contributed by atoms with Gasteiger partial charge in [0.05, 0.1) is 25.1 Å². The van der Waals surface area contributed by atoms with E-state index in [2.05, 4.69) is 26.0 Å². The van der Waals surface area contributed by atoms with Crippen LogP contribution in [0.25, 0.3) is 0 Å². The third-order valence-electron chi connectivity index (χ3n) is 2.88. The monoisotopic (exact) mass is 369 g/mol. The molecule has 0 unspecified atom stereocenters. The predicted octanol–water partition coefficient (Wildman–Crippen LogP) is 3.85. The smallest absolute Gasteiger partial charge is 0.310 e. The number of hydrogen-bond acceptors (Lipinski definition) is 5. The van der Waals surface area contributed by atoms with Crippen molar-refractivity contribution in [1.82, 2.24) is 0 Å². The second-order valence-corrected chi connectivity index (χ2v) is 6.43. The lowest BCUT2D eigenvalue weighted by atomic mass is 10.3. The SMILES string of the molecule is COC(=O)Cc1ccc(CNc2ccc(Br)c(OC)c2)s1. The Labute approximate surface area is 136 Å². The van der Waals surface area contributed by atoms with Crippen LogP contribution < -0.4 is 10.1 Å². The van der Waals surface area contributed by atoms with Crippen LogP contribution in [0.15, 0.2) is 34.8 Å². The summed E-state index contributed by atoms with van der Waals surface area (Å²) in [5, 5.41) is 3.34. The molecule has 1 heterocycles. The first-order valence-electron chi connectivity index (χ1n) is 6.34. The maximum atomic E-state index is 11.2. The van der Waals surface area contributed by atoms with Crippen molar-refractivity contribution in [2.24, 2.45) is 0 Å². The Hall–Kier alpha value is -1.53. The summed E-state index contributed by atoms with van der Waals surface area (Å²) in [6.45, 7) is 0.705. The molecule has 1 aromatic heterocycles. The molecule has 0 saturated carbocycles. The molecule has 2 aromatic rings. The van der Waals surface area contributed by atoms with E-state index in [0.29, 0.717) is 13.0 Å². The Bertz CT molecular complexity index is 627. The number of thiophene rings is 1. The van der Waals surface area contributed by atoms with Crippen molar-refractivity contribution in [3.8, 4) is 5.75 Å². The normalized spacial score (nSPS) is 10.2. The van der Waals surface area contributed by atoms with Gasteiger partial charge in [0.25, 0.3) is 0 Å². The minimum Gasteiger partial charge on any atom is -0.495 e. The fourth-order valence-corrected chi connectivity index (χ4v) is 3.14. The molecular formula is C15H16BrNO3S. The second kappa shape index (κ2) is 7.47. The van der Waals surface area contributed by atoms with E-state index in [9.17, 15) is 4.79 Å². The molecule has 1 N–H and O–H groups in total. The molecule has 0 radical (unpaired) electrons. The molecule has 0 bridgehead atoms. The average molecular weight is 370 g/mol. The first-order chi connectivity index (χ1) is 10.1. The Balaban J connectivity index is 1.95. The van der Waals surface area contributed by atoms with E-state index in [-0.39, 0.29) is 5.97 Å². The fraction of sp³-hybridized carbons (Fsp3) is 0.267. The number of anilines is 1. The first kappa shape index (κ1) is 15.9. The molecule has 21 heavy (non-hydrogen) atoms. The van der Waals surface area contributed by atoms with Gasteiger partial charge in [-0.05, 0) is 40.2 Å². The van der Waals surface area contributed by atoms with Gasteiger partial charge >= 0.3 is 5.97 Å². The summed E-state index contributed by atoms with van der Waals surface area (Å²) in [6, 6.07) is 9.84. The topological polar surface area (TPSA) is 47.6 Å².